The minimum Gasteiger partial charge on any atom is -0.462 e. The van der Waals surface area contributed by atoms with Crippen LogP contribution in [-0.2, 0) is 65.4 Å². The second-order valence-electron chi connectivity index (χ2n) is 27.5. The number of ether oxygens (including phenoxy) is 4. The molecule has 5 atom stereocenters. The minimum absolute atomic E-state index is 0.107. The largest absolute Gasteiger partial charge is 0.472 e. The van der Waals surface area contributed by atoms with Crippen molar-refractivity contribution in [2.75, 3.05) is 39.6 Å². The number of aliphatic hydroxyl groups excluding tert-OH is 1. The normalized spacial score (nSPS) is 14.0. The summed E-state index contributed by atoms with van der Waals surface area (Å²) in [6.45, 7) is 7.26. The fourth-order valence-corrected chi connectivity index (χ4v) is 13.1. The zero-order valence-electron chi connectivity index (χ0n) is 61.1. The van der Waals surface area contributed by atoms with Gasteiger partial charge in [-0.3, -0.25) is 37.3 Å². The summed E-state index contributed by atoms with van der Waals surface area (Å²) in [7, 11) is -9.91. The predicted octanol–water partition coefficient (Wildman–Crippen LogP) is 22.1. The number of phosphoric ester groups is 2. The van der Waals surface area contributed by atoms with Crippen molar-refractivity contribution in [3.63, 3.8) is 0 Å². The molecule has 0 rings (SSSR count). The summed E-state index contributed by atoms with van der Waals surface area (Å²) in [5, 5.41) is 10.6. The van der Waals surface area contributed by atoms with Gasteiger partial charge in [0.15, 0.2) is 12.2 Å². The summed E-state index contributed by atoms with van der Waals surface area (Å²) in [5.74, 6) is -1.39. The number of carbonyl (C=O) groups excluding carboxylic acids is 4. The van der Waals surface area contributed by atoms with Crippen LogP contribution in [0.2, 0.25) is 0 Å². The third-order valence-electron chi connectivity index (χ3n) is 17.5. The Bertz CT molecular complexity index is 1810. The maximum atomic E-state index is 13.1. The van der Waals surface area contributed by atoms with Gasteiger partial charge in [-0.15, -0.1) is 0 Å². The van der Waals surface area contributed by atoms with E-state index < -0.39 is 97.5 Å². The molecule has 3 N–H and O–H groups in total. The van der Waals surface area contributed by atoms with Crippen molar-refractivity contribution in [3.05, 3.63) is 0 Å². The molecule has 0 amide bonds. The van der Waals surface area contributed by atoms with E-state index in [1.54, 1.807) is 0 Å². The van der Waals surface area contributed by atoms with Gasteiger partial charge in [-0.25, -0.2) is 9.13 Å². The monoisotopic (exact) mass is 1380 g/mol. The molecule has 0 bridgehead atoms. The molecule has 2 unspecified atom stereocenters. The standard InChI is InChI=1S/C75H146O17P2/c1-6-9-12-15-18-21-24-27-29-31-33-36-39-46-51-56-61-75(80)91-70(64-85-72(77)58-53-48-43-37-35-32-30-28-25-22-19-16-13-10-7-2)66-89-93(81,82)87-62-69(76)63-88-94(83,84)90-67-71(65-86-73(78)59-54-49-44-41-40-42-47-52-57-68(4)5)92-74(79)60-55-50-45-38-34-26-23-20-17-14-11-8-3/h68-71,76H,6-67H2,1-5H3,(H,81,82)(H,83,84)/t69-,70-,71-/m1/s1. The van der Waals surface area contributed by atoms with Crippen LogP contribution in [0.3, 0.4) is 0 Å². The smallest absolute Gasteiger partial charge is 0.462 e. The lowest BCUT2D eigenvalue weighted by molar-refractivity contribution is -0.161. The molecule has 0 heterocycles. The third kappa shape index (κ3) is 68.6. The van der Waals surface area contributed by atoms with E-state index in [0.717, 1.165) is 95.8 Å². The zero-order chi connectivity index (χ0) is 69.1. The molecule has 0 aliphatic carbocycles. The van der Waals surface area contributed by atoms with Gasteiger partial charge in [0.25, 0.3) is 0 Å². The predicted molar refractivity (Wildman–Crippen MR) is 382 cm³/mol. The van der Waals surface area contributed by atoms with Gasteiger partial charge in [-0.1, -0.05) is 343 Å². The van der Waals surface area contributed by atoms with Crippen LogP contribution in [0.25, 0.3) is 0 Å². The van der Waals surface area contributed by atoms with Gasteiger partial charge in [0.1, 0.15) is 19.3 Å². The summed E-state index contributed by atoms with van der Waals surface area (Å²) in [6.07, 6.45) is 56.8. The molecular formula is C75H146O17P2. The zero-order valence-corrected chi connectivity index (χ0v) is 62.9. The summed E-state index contributed by atoms with van der Waals surface area (Å²) >= 11 is 0. The molecule has 0 aromatic heterocycles. The number of hydrogen-bond donors (Lipinski definition) is 3. The molecule has 17 nitrogen and oxygen atoms in total. The third-order valence-corrected chi connectivity index (χ3v) is 19.4. The Morgan fingerprint density at radius 1 is 0.287 bits per heavy atom. The molecule has 94 heavy (non-hydrogen) atoms. The van der Waals surface area contributed by atoms with E-state index in [9.17, 15) is 43.2 Å². The van der Waals surface area contributed by atoms with Crippen molar-refractivity contribution in [1.82, 2.24) is 0 Å². The van der Waals surface area contributed by atoms with Crippen molar-refractivity contribution in [2.45, 2.75) is 412 Å². The molecular weight excluding hydrogens is 1230 g/mol. The van der Waals surface area contributed by atoms with E-state index in [0.29, 0.717) is 25.7 Å². The summed E-state index contributed by atoms with van der Waals surface area (Å²) in [4.78, 5) is 72.8. The van der Waals surface area contributed by atoms with Gasteiger partial charge in [-0.05, 0) is 31.6 Å². The number of unbranched alkanes of at least 4 members (excludes halogenated alkanes) is 47. The number of carbonyl (C=O) groups is 4. The first-order chi connectivity index (χ1) is 45.5. The first-order valence-corrected chi connectivity index (χ1v) is 42.1. The van der Waals surface area contributed by atoms with Crippen LogP contribution < -0.4 is 0 Å². The van der Waals surface area contributed by atoms with Crippen LogP contribution in [0.5, 0.6) is 0 Å². The summed E-state index contributed by atoms with van der Waals surface area (Å²) < 4.78 is 68.5. The number of hydrogen-bond acceptors (Lipinski definition) is 15. The minimum atomic E-state index is -4.96. The number of aliphatic hydroxyl groups is 1. The quantitative estimate of drug-likeness (QED) is 0.0222. The van der Waals surface area contributed by atoms with Crippen molar-refractivity contribution >= 4 is 39.5 Å². The molecule has 0 saturated heterocycles. The van der Waals surface area contributed by atoms with Gasteiger partial charge in [0, 0.05) is 25.7 Å². The van der Waals surface area contributed by atoms with Crippen LogP contribution >= 0.6 is 15.6 Å². The summed E-state index contributed by atoms with van der Waals surface area (Å²) in [6, 6.07) is 0. The van der Waals surface area contributed by atoms with E-state index >= 15 is 0 Å². The second kappa shape index (κ2) is 68.2. The highest BCUT2D eigenvalue weighted by Crippen LogP contribution is 2.45. The Morgan fingerprint density at radius 2 is 0.489 bits per heavy atom. The lowest BCUT2D eigenvalue weighted by Crippen LogP contribution is -2.30. The van der Waals surface area contributed by atoms with E-state index in [-0.39, 0.29) is 25.7 Å². The maximum Gasteiger partial charge on any atom is 0.472 e. The Morgan fingerprint density at radius 3 is 0.723 bits per heavy atom. The molecule has 0 aromatic rings. The number of phosphoric acid groups is 2. The average molecular weight is 1380 g/mol. The molecule has 0 saturated carbocycles. The maximum absolute atomic E-state index is 13.1. The van der Waals surface area contributed by atoms with Crippen molar-refractivity contribution in [3.8, 4) is 0 Å². The molecule has 0 spiro atoms. The average Bonchev–Trinajstić information content (AvgIpc) is 1.34. The lowest BCUT2D eigenvalue weighted by Gasteiger charge is -2.21. The van der Waals surface area contributed by atoms with Crippen LogP contribution in [0.1, 0.15) is 394 Å². The van der Waals surface area contributed by atoms with Gasteiger partial charge in [0.05, 0.1) is 26.4 Å². The Labute approximate surface area is 575 Å². The van der Waals surface area contributed by atoms with Gasteiger partial charge < -0.3 is 33.8 Å². The first kappa shape index (κ1) is 92.1. The molecule has 19 heteroatoms. The van der Waals surface area contributed by atoms with Crippen molar-refractivity contribution in [1.29, 1.82) is 0 Å². The summed E-state index contributed by atoms with van der Waals surface area (Å²) in [5.41, 5.74) is 0. The van der Waals surface area contributed by atoms with E-state index in [1.165, 1.54) is 218 Å². The van der Waals surface area contributed by atoms with Crippen LogP contribution in [-0.4, -0.2) is 96.7 Å². The van der Waals surface area contributed by atoms with E-state index in [2.05, 4.69) is 34.6 Å². The van der Waals surface area contributed by atoms with Gasteiger partial charge in [-0.2, -0.15) is 0 Å². The molecule has 0 aliphatic rings. The Balaban J connectivity index is 5.25. The lowest BCUT2D eigenvalue weighted by atomic mass is 10.0. The van der Waals surface area contributed by atoms with Gasteiger partial charge in [0.2, 0.25) is 0 Å². The van der Waals surface area contributed by atoms with E-state index in [1.807, 2.05) is 0 Å². The number of rotatable bonds is 75. The molecule has 0 radical (unpaired) electrons. The fraction of sp³-hybridized carbons (Fsp3) is 0.947. The molecule has 0 aromatic carbocycles. The van der Waals surface area contributed by atoms with Crippen molar-refractivity contribution in [2.24, 2.45) is 5.92 Å². The SMILES string of the molecule is CCCCCCCCCCCCCCCCCCC(=O)O[C@H](COC(=O)CCCCCCCCCCCCCCCCC)COP(=O)(O)OC[C@@H](O)COP(=O)(O)OC[C@@H](COC(=O)CCCCCCCCCCC(C)C)OC(=O)CCCCCCCCCCCCCC. The van der Waals surface area contributed by atoms with Crippen LogP contribution in [0, 0.1) is 5.92 Å². The Hall–Kier alpha value is -1.94. The van der Waals surface area contributed by atoms with Crippen LogP contribution in [0.15, 0.2) is 0 Å². The van der Waals surface area contributed by atoms with E-state index in [4.69, 9.17) is 37.0 Å². The highest BCUT2D eigenvalue weighted by molar-refractivity contribution is 7.47. The molecule has 0 fully saturated rings. The second-order valence-corrected chi connectivity index (χ2v) is 30.4. The Kier molecular flexibility index (Phi) is 66.8. The van der Waals surface area contributed by atoms with Gasteiger partial charge >= 0.3 is 39.5 Å². The first-order valence-electron chi connectivity index (χ1n) is 39.1. The highest BCUT2D eigenvalue weighted by Gasteiger charge is 2.30. The molecule has 558 valence electrons. The molecule has 0 aliphatic heterocycles. The highest BCUT2D eigenvalue weighted by atomic mass is 31.2. The topological polar surface area (TPSA) is 237 Å². The fourth-order valence-electron chi connectivity index (χ4n) is 11.5. The van der Waals surface area contributed by atoms with Crippen molar-refractivity contribution < 1.29 is 80.2 Å². The number of esters is 4. The van der Waals surface area contributed by atoms with Crippen LogP contribution in [0.4, 0.5) is 0 Å².